The number of carbonyl (C=O) groups is 1. The van der Waals surface area contributed by atoms with Crippen LogP contribution in [0.25, 0.3) is 0 Å². The number of halogens is 1. The summed E-state index contributed by atoms with van der Waals surface area (Å²) in [5.41, 5.74) is 0.359. The number of piperidine rings is 1. The molecule has 0 spiro atoms. The second kappa shape index (κ2) is 7.55. The Balaban J connectivity index is 1.67. The molecule has 1 aliphatic rings. The molecule has 2 heterocycles. The maximum atomic E-state index is 14.2. The molecule has 6 nitrogen and oxygen atoms in total. The van der Waals surface area contributed by atoms with Gasteiger partial charge in [-0.25, -0.2) is 14.2 Å². The molecule has 3 rings (SSSR count). The number of ether oxygens (including phenoxy) is 1. The first-order valence-electron chi connectivity index (χ1n) is 8.47. The molecule has 0 bridgehead atoms. The topological polar surface area (TPSA) is 70.2 Å². The maximum Gasteiger partial charge on any atom is 0.317 e. The zero-order valence-corrected chi connectivity index (χ0v) is 14.5. The largest absolute Gasteiger partial charge is 0.496 e. The van der Waals surface area contributed by atoms with Crippen molar-refractivity contribution >= 4 is 6.03 Å². The van der Waals surface area contributed by atoms with Crippen LogP contribution >= 0.6 is 0 Å². The summed E-state index contributed by atoms with van der Waals surface area (Å²) >= 11 is 0. The average Bonchev–Trinajstić information content (AvgIpc) is 3.16. The average molecular weight is 346 g/mol. The molecule has 2 atom stereocenters. The van der Waals surface area contributed by atoms with E-state index in [1.807, 2.05) is 0 Å². The highest BCUT2D eigenvalue weighted by Crippen LogP contribution is 2.29. The van der Waals surface area contributed by atoms with Gasteiger partial charge < -0.3 is 19.9 Å². The van der Waals surface area contributed by atoms with E-state index in [9.17, 15) is 9.18 Å². The molecule has 1 fully saturated rings. The van der Waals surface area contributed by atoms with Gasteiger partial charge in [0.1, 0.15) is 17.4 Å². The first-order chi connectivity index (χ1) is 12.1. The van der Waals surface area contributed by atoms with Gasteiger partial charge in [0.05, 0.1) is 18.7 Å². The van der Waals surface area contributed by atoms with Crippen molar-refractivity contribution < 1.29 is 13.9 Å². The summed E-state index contributed by atoms with van der Waals surface area (Å²) < 4.78 is 19.4. The van der Waals surface area contributed by atoms with E-state index in [4.69, 9.17) is 4.74 Å². The van der Waals surface area contributed by atoms with Crippen LogP contribution in [0.2, 0.25) is 0 Å². The lowest BCUT2D eigenvalue weighted by Gasteiger charge is -2.33. The first kappa shape index (κ1) is 17.3. The number of imidazole rings is 1. The lowest BCUT2D eigenvalue weighted by molar-refractivity contribution is 0.175. The minimum Gasteiger partial charge on any atom is -0.496 e. The number of H-pyrrole nitrogens is 1. The Morgan fingerprint density at radius 2 is 2.36 bits per heavy atom. The van der Waals surface area contributed by atoms with Crippen molar-refractivity contribution in [3.63, 3.8) is 0 Å². The highest BCUT2D eigenvalue weighted by molar-refractivity contribution is 5.75. The number of urea groups is 1. The molecule has 1 aliphatic heterocycles. The van der Waals surface area contributed by atoms with Gasteiger partial charge >= 0.3 is 6.03 Å². The fourth-order valence-electron chi connectivity index (χ4n) is 3.35. The van der Waals surface area contributed by atoms with E-state index >= 15 is 0 Å². The first-order valence-corrected chi connectivity index (χ1v) is 8.47. The highest BCUT2D eigenvalue weighted by Gasteiger charge is 2.27. The molecule has 0 aliphatic carbocycles. The van der Waals surface area contributed by atoms with E-state index < -0.39 is 6.04 Å². The summed E-state index contributed by atoms with van der Waals surface area (Å²) in [6.07, 6.45) is 5.42. The molecule has 0 saturated carbocycles. The van der Waals surface area contributed by atoms with Crippen LogP contribution in [0.5, 0.6) is 5.75 Å². The third kappa shape index (κ3) is 3.75. The minimum absolute atomic E-state index is 0.200. The molecule has 1 saturated heterocycles. The summed E-state index contributed by atoms with van der Waals surface area (Å²) in [6.45, 7) is 3.04. The fraction of sp³-hybridized carbons (Fsp3) is 0.444. The molecule has 2 N–H and O–H groups in total. The van der Waals surface area contributed by atoms with Crippen LogP contribution in [0.15, 0.2) is 30.6 Å². The summed E-state index contributed by atoms with van der Waals surface area (Å²) in [5.74, 6) is 1.15. The smallest absolute Gasteiger partial charge is 0.317 e. The van der Waals surface area contributed by atoms with Crippen molar-refractivity contribution in [2.45, 2.75) is 31.7 Å². The molecule has 2 aromatic rings. The number of hydrogen-bond acceptors (Lipinski definition) is 3. The molecular formula is C18H23FN4O2. The van der Waals surface area contributed by atoms with Crippen LogP contribution in [0, 0.1) is 5.82 Å². The number of nitrogens with one attached hydrogen (secondary N) is 2. The van der Waals surface area contributed by atoms with E-state index in [1.54, 1.807) is 36.4 Å². The van der Waals surface area contributed by atoms with E-state index in [1.165, 1.54) is 13.2 Å². The van der Waals surface area contributed by atoms with E-state index in [0.717, 1.165) is 18.7 Å². The van der Waals surface area contributed by atoms with E-state index in [2.05, 4.69) is 15.3 Å². The van der Waals surface area contributed by atoms with E-state index in [-0.39, 0.29) is 17.8 Å². The van der Waals surface area contributed by atoms with Crippen LogP contribution in [-0.2, 0) is 0 Å². The molecule has 1 aromatic heterocycles. The third-order valence-corrected chi connectivity index (χ3v) is 4.62. The molecule has 0 radical (unpaired) electrons. The zero-order chi connectivity index (χ0) is 17.8. The predicted molar refractivity (Wildman–Crippen MR) is 92.0 cm³/mol. The van der Waals surface area contributed by atoms with Gasteiger partial charge in [0.25, 0.3) is 0 Å². The number of likely N-dealkylation sites (tertiary alicyclic amines) is 1. The van der Waals surface area contributed by atoms with Gasteiger partial charge in [0.15, 0.2) is 0 Å². The van der Waals surface area contributed by atoms with Gasteiger partial charge in [-0.2, -0.15) is 0 Å². The van der Waals surface area contributed by atoms with Crippen molar-refractivity contribution in [1.82, 2.24) is 20.2 Å². The lowest BCUT2D eigenvalue weighted by atomic mass is 9.97. The van der Waals surface area contributed by atoms with Crippen molar-refractivity contribution in [1.29, 1.82) is 0 Å². The second-order valence-electron chi connectivity index (χ2n) is 6.29. The van der Waals surface area contributed by atoms with Crippen LogP contribution in [-0.4, -0.2) is 41.1 Å². The Morgan fingerprint density at radius 1 is 1.52 bits per heavy atom. The monoisotopic (exact) mass is 346 g/mol. The SMILES string of the molecule is COc1cccc(F)c1C(C)NC(=O)N1CCCC(c2ncc[nH]2)C1. The van der Waals surface area contributed by atoms with Crippen LogP contribution in [0.3, 0.4) is 0 Å². The number of methoxy groups -OCH3 is 1. The molecule has 134 valence electrons. The Kier molecular flexibility index (Phi) is 5.21. The molecule has 25 heavy (non-hydrogen) atoms. The fourth-order valence-corrected chi connectivity index (χ4v) is 3.35. The van der Waals surface area contributed by atoms with Crippen molar-refractivity contribution in [3.05, 3.63) is 47.8 Å². The molecular weight excluding hydrogens is 323 g/mol. The minimum atomic E-state index is -0.493. The van der Waals surface area contributed by atoms with Gasteiger partial charge in [-0.05, 0) is 31.9 Å². The number of aromatic amines is 1. The second-order valence-corrected chi connectivity index (χ2v) is 6.29. The van der Waals surface area contributed by atoms with Crippen LogP contribution < -0.4 is 10.1 Å². The number of hydrogen-bond donors (Lipinski definition) is 2. The molecule has 1 aromatic carbocycles. The zero-order valence-electron chi connectivity index (χ0n) is 14.5. The van der Waals surface area contributed by atoms with Gasteiger partial charge in [-0.3, -0.25) is 0 Å². The number of nitrogens with zero attached hydrogens (tertiary/aromatic N) is 2. The number of aromatic nitrogens is 2. The van der Waals surface area contributed by atoms with Crippen molar-refractivity contribution in [2.75, 3.05) is 20.2 Å². The lowest BCUT2D eigenvalue weighted by Crippen LogP contribution is -2.45. The van der Waals surface area contributed by atoms with E-state index in [0.29, 0.717) is 24.4 Å². The molecule has 7 heteroatoms. The third-order valence-electron chi connectivity index (χ3n) is 4.62. The Morgan fingerprint density at radius 3 is 3.08 bits per heavy atom. The Bertz CT molecular complexity index is 720. The summed E-state index contributed by atoms with van der Waals surface area (Å²) in [4.78, 5) is 21.8. The molecule has 2 unspecified atom stereocenters. The van der Waals surface area contributed by atoms with Gasteiger partial charge in [-0.1, -0.05) is 6.07 Å². The summed E-state index contributed by atoms with van der Waals surface area (Å²) in [6, 6.07) is 3.95. The highest BCUT2D eigenvalue weighted by atomic mass is 19.1. The predicted octanol–water partition coefficient (Wildman–Crippen LogP) is 3.21. The number of rotatable bonds is 4. The number of carbonyl (C=O) groups excluding carboxylic acids is 1. The summed E-state index contributed by atoms with van der Waals surface area (Å²) in [7, 11) is 1.49. The van der Waals surface area contributed by atoms with Crippen molar-refractivity contribution in [3.8, 4) is 5.75 Å². The van der Waals surface area contributed by atoms with Gasteiger partial charge in [0.2, 0.25) is 0 Å². The Labute approximate surface area is 146 Å². The van der Waals surface area contributed by atoms with Crippen molar-refractivity contribution in [2.24, 2.45) is 0 Å². The summed E-state index contributed by atoms with van der Waals surface area (Å²) in [5, 5.41) is 2.88. The maximum absolute atomic E-state index is 14.2. The number of benzene rings is 1. The molecule has 2 amide bonds. The Hall–Kier alpha value is -2.57. The normalized spacial score (nSPS) is 18.7. The number of amides is 2. The van der Waals surface area contributed by atoms with Gasteiger partial charge in [0, 0.05) is 31.4 Å². The van der Waals surface area contributed by atoms with Crippen LogP contribution in [0.1, 0.15) is 43.1 Å². The van der Waals surface area contributed by atoms with Crippen LogP contribution in [0.4, 0.5) is 9.18 Å². The standard InChI is InChI=1S/C18H23FN4O2/c1-12(16-14(19)6-3-7-15(16)25-2)22-18(24)23-10-4-5-13(11-23)17-20-8-9-21-17/h3,6-9,12-13H,4-5,10-11H2,1-2H3,(H,20,21)(H,22,24). The quantitative estimate of drug-likeness (QED) is 0.893. The van der Waals surface area contributed by atoms with Gasteiger partial charge in [-0.15, -0.1) is 0 Å².